The van der Waals surface area contributed by atoms with E-state index in [1.54, 1.807) is 0 Å². The molecule has 0 aliphatic heterocycles. The Labute approximate surface area is 61.1 Å². The fourth-order valence-corrected chi connectivity index (χ4v) is 0. The van der Waals surface area contributed by atoms with Gasteiger partial charge >= 0.3 is 29.6 Å². The van der Waals surface area contributed by atoms with Gasteiger partial charge in [0, 0.05) is 6.32 Å². The molecule has 0 aromatic carbocycles. The van der Waals surface area contributed by atoms with E-state index in [-0.39, 0.29) is 37.3 Å². The average molecular weight is 93.9 g/mol. The maximum absolute atomic E-state index is 9.24. The van der Waals surface area contributed by atoms with Crippen molar-refractivity contribution < 1.29 is 40.9 Å². The number of rotatable bonds is 1. The van der Waals surface area contributed by atoms with Gasteiger partial charge in [0.15, 0.2) is 0 Å². The van der Waals surface area contributed by atoms with Crippen LogP contribution in [0.1, 0.15) is 1.43 Å². The Kier molecular flexibility index (Phi) is 8.98. The van der Waals surface area contributed by atoms with Crippen molar-refractivity contribution in [3.8, 4) is 0 Å². The summed E-state index contributed by atoms with van der Waals surface area (Å²) in [6.45, 7) is 0. The van der Waals surface area contributed by atoms with Crippen LogP contribution in [0, 0.1) is 0 Å². The molecule has 0 heterocycles. The van der Waals surface area contributed by atoms with Crippen LogP contribution in [-0.2, 0) is 4.79 Å². The monoisotopic (exact) mass is 94.0 g/mol. The second-order valence-corrected chi connectivity index (χ2v) is 0.598. The summed E-state index contributed by atoms with van der Waals surface area (Å²) in [5.74, 6) is -0.968. The van der Waals surface area contributed by atoms with Crippen LogP contribution in [0.5, 0.6) is 0 Å². The molecule has 2 nitrogen and oxygen atoms in total. The predicted molar refractivity (Wildman–Crippen MR) is 19.3 cm³/mol. The molecule has 0 unspecified atom stereocenters. The molecule has 0 amide bonds. The van der Waals surface area contributed by atoms with E-state index in [9.17, 15) is 4.79 Å². The minimum absolute atomic E-state index is 0. The fraction of sp³-hybridized carbons (Fsp3) is 0.500. The molecule has 0 saturated carbocycles. The topological polar surface area (TPSA) is 37.3 Å². The Bertz CT molecular complexity index is 51.0. The van der Waals surface area contributed by atoms with E-state index in [0.717, 1.165) is 0 Å². The van der Waals surface area contributed by atoms with Crippen LogP contribution in [0.2, 0.25) is 6.32 Å². The second kappa shape index (κ2) is 5.53. The molecular weight excluding hydrogens is 89.8 g/mol. The van der Waals surface area contributed by atoms with Crippen molar-refractivity contribution in [2.45, 2.75) is 6.32 Å². The Balaban J connectivity index is -0.0000000800. The van der Waals surface area contributed by atoms with Crippen molar-refractivity contribution in [3.05, 3.63) is 0 Å². The van der Waals surface area contributed by atoms with E-state index in [2.05, 4.69) is 7.85 Å². The summed E-state index contributed by atoms with van der Waals surface area (Å²) < 4.78 is 0. The van der Waals surface area contributed by atoms with Gasteiger partial charge in [-0.15, -0.1) is 0 Å². The molecular formula is C2H4BNaO2. The van der Waals surface area contributed by atoms with E-state index in [1.165, 1.54) is 0 Å². The number of hydrogen-bond donors (Lipinski definition) is 1. The average Bonchev–Trinajstić information content (AvgIpc) is 1.38. The minimum atomic E-state index is -0.968. The van der Waals surface area contributed by atoms with Gasteiger partial charge in [-0.1, -0.05) is 0 Å². The third-order valence-corrected chi connectivity index (χ3v) is 0.175. The molecule has 0 rings (SSSR count). The molecule has 1 N–H and O–H groups in total. The molecule has 0 saturated heterocycles. The van der Waals surface area contributed by atoms with Crippen LogP contribution in [-0.4, -0.2) is 18.9 Å². The zero-order valence-corrected chi connectivity index (χ0v) is 5.64. The Hall–Kier alpha value is 0.535. The normalized spacial score (nSPS) is 6.00. The molecule has 6 heavy (non-hydrogen) atoms. The van der Waals surface area contributed by atoms with E-state index >= 15 is 0 Å². The van der Waals surface area contributed by atoms with Crippen molar-refractivity contribution in [1.29, 1.82) is 0 Å². The number of carboxylic acids is 1. The zero-order valence-electron chi connectivity index (χ0n) is 4.64. The first-order valence-electron chi connectivity index (χ1n) is 1.19. The summed E-state index contributed by atoms with van der Waals surface area (Å²) in [5, 5.41) is 7.60. The molecule has 0 aliphatic carbocycles. The van der Waals surface area contributed by atoms with E-state index < -0.39 is 5.97 Å². The Morgan fingerprint density at radius 3 is 2.17 bits per heavy atom. The SMILES string of the molecule is [B]CC(=O)O.[H-].[Na+]. The van der Waals surface area contributed by atoms with Crippen molar-refractivity contribution in [1.82, 2.24) is 0 Å². The summed E-state index contributed by atoms with van der Waals surface area (Å²) in [6.07, 6.45) is -0.278. The maximum atomic E-state index is 9.24. The van der Waals surface area contributed by atoms with Gasteiger partial charge in [-0.25, -0.2) is 0 Å². The van der Waals surface area contributed by atoms with Crippen LogP contribution in [0.3, 0.4) is 0 Å². The molecule has 28 valence electrons. The first kappa shape index (κ1) is 9.73. The predicted octanol–water partition coefficient (Wildman–Crippen LogP) is -3.23. The van der Waals surface area contributed by atoms with Gasteiger partial charge in [-0.05, 0) is 0 Å². The van der Waals surface area contributed by atoms with Gasteiger partial charge in [0.25, 0.3) is 5.97 Å². The molecule has 0 aromatic heterocycles. The van der Waals surface area contributed by atoms with Gasteiger partial charge in [0.05, 0.1) is 7.85 Å². The maximum Gasteiger partial charge on any atom is 1.00 e. The fourth-order valence-electron chi connectivity index (χ4n) is 0. The Morgan fingerprint density at radius 1 is 2.00 bits per heavy atom. The number of hydrogen-bond acceptors (Lipinski definition) is 1. The largest absolute Gasteiger partial charge is 1.00 e. The van der Waals surface area contributed by atoms with Gasteiger partial charge in [0.2, 0.25) is 0 Å². The van der Waals surface area contributed by atoms with Crippen molar-refractivity contribution in [3.63, 3.8) is 0 Å². The number of carbonyl (C=O) groups is 1. The first-order chi connectivity index (χ1) is 2.27. The molecule has 0 atom stereocenters. The molecule has 0 spiro atoms. The second-order valence-electron chi connectivity index (χ2n) is 0.598. The van der Waals surface area contributed by atoms with Gasteiger partial charge in [0.1, 0.15) is 0 Å². The number of aliphatic carboxylic acids is 1. The van der Waals surface area contributed by atoms with Crippen molar-refractivity contribution in [2.75, 3.05) is 0 Å². The third-order valence-electron chi connectivity index (χ3n) is 0.175. The van der Waals surface area contributed by atoms with Crippen LogP contribution in [0.15, 0.2) is 0 Å². The van der Waals surface area contributed by atoms with E-state index in [1.807, 2.05) is 0 Å². The van der Waals surface area contributed by atoms with Gasteiger partial charge in [-0.3, -0.25) is 4.79 Å². The summed E-state index contributed by atoms with van der Waals surface area (Å²) >= 11 is 0. The Morgan fingerprint density at radius 2 is 2.17 bits per heavy atom. The van der Waals surface area contributed by atoms with Crippen LogP contribution in [0.25, 0.3) is 0 Å². The van der Waals surface area contributed by atoms with Crippen molar-refractivity contribution >= 4 is 13.8 Å². The summed E-state index contributed by atoms with van der Waals surface area (Å²) in [7, 11) is 4.57. The van der Waals surface area contributed by atoms with Crippen LogP contribution < -0.4 is 29.6 Å². The molecule has 0 fully saturated rings. The summed E-state index contributed by atoms with van der Waals surface area (Å²) in [5.41, 5.74) is 0. The summed E-state index contributed by atoms with van der Waals surface area (Å²) in [6, 6.07) is 0. The molecule has 2 radical (unpaired) electrons. The quantitative estimate of drug-likeness (QED) is 0.347. The molecule has 0 aliphatic rings. The third kappa shape index (κ3) is 8.82. The molecule has 4 heteroatoms. The van der Waals surface area contributed by atoms with E-state index in [0.29, 0.717) is 0 Å². The zero-order chi connectivity index (χ0) is 4.28. The molecule has 0 bridgehead atoms. The molecule has 0 aromatic rings. The smallest absolute Gasteiger partial charge is 1.00 e. The minimum Gasteiger partial charge on any atom is -1.00 e. The van der Waals surface area contributed by atoms with E-state index in [4.69, 9.17) is 5.11 Å². The van der Waals surface area contributed by atoms with Gasteiger partial charge < -0.3 is 6.53 Å². The first-order valence-corrected chi connectivity index (χ1v) is 1.19. The summed E-state index contributed by atoms with van der Waals surface area (Å²) in [4.78, 5) is 9.24. The number of carboxylic acid groups (broad SMARTS) is 1. The van der Waals surface area contributed by atoms with Crippen molar-refractivity contribution in [2.24, 2.45) is 0 Å². The van der Waals surface area contributed by atoms with Crippen LogP contribution >= 0.6 is 0 Å². The van der Waals surface area contributed by atoms with Crippen LogP contribution in [0.4, 0.5) is 0 Å². The van der Waals surface area contributed by atoms with Gasteiger partial charge in [-0.2, -0.15) is 0 Å². The standard InChI is InChI=1S/C2H3BO2.Na.H/c3-1-2(4)5;;/h1H2,(H,4,5);;/q;+1;-1.